The molecule has 3 rings (SSSR count). The number of H-pyrrole nitrogens is 1. The SMILES string of the molecule is CC[C@H](C)c1ccc(NC(=O)CSc2n[nH]c(=O)n2CCc2ccccc2)cc1. The summed E-state index contributed by atoms with van der Waals surface area (Å²) in [5, 5.41) is 9.95. The zero-order valence-electron chi connectivity index (χ0n) is 16.7. The minimum absolute atomic E-state index is 0.128. The number of rotatable bonds is 9. The molecule has 29 heavy (non-hydrogen) atoms. The van der Waals surface area contributed by atoms with Crippen molar-refractivity contribution < 1.29 is 4.79 Å². The van der Waals surface area contributed by atoms with E-state index in [2.05, 4.69) is 29.4 Å². The molecule has 0 spiro atoms. The zero-order chi connectivity index (χ0) is 20.6. The highest BCUT2D eigenvalue weighted by Crippen LogP contribution is 2.21. The highest BCUT2D eigenvalue weighted by molar-refractivity contribution is 7.99. The lowest BCUT2D eigenvalue weighted by Gasteiger charge is -2.10. The molecule has 1 aromatic heterocycles. The van der Waals surface area contributed by atoms with Crippen molar-refractivity contribution in [3.63, 3.8) is 0 Å². The Labute approximate surface area is 174 Å². The fourth-order valence-corrected chi connectivity index (χ4v) is 3.73. The maximum atomic E-state index is 12.3. The van der Waals surface area contributed by atoms with E-state index in [9.17, 15) is 9.59 Å². The second-order valence-corrected chi connectivity index (χ2v) is 7.91. The largest absolute Gasteiger partial charge is 0.343 e. The standard InChI is InChI=1S/C22H26N4O2S/c1-3-16(2)18-9-11-19(12-10-18)23-20(27)15-29-22-25-24-21(28)26(22)14-13-17-7-5-4-6-8-17/h4-12,16H,3,13-15H2,1-2H3,(H,23,27)(H,24,28)/t16-/m0/s1. The van der Waals surface area contributed by atoms with Crippen molar-refractivity contribution in [3.05, 3.63) is 76.2 Å². The number of nitrogens with zero attached hydrogens (tertiary/aromatic N) is 2. The summed E-state index contributed by atoms with van der Waals surface area (Å²) in [4.78, 5) is 24.3. The first-order chi connectivity index (χ1) is 14.1. The number of anilines is 1. The molecule has 0 aliphatic rings. The third-order valence-electron chi connectivity index (χ3n) is 4.90. The zero-order valence-corrected chi connectivity index (χ0v) is 17.5. The van der Waals surface area contributed by atoms with Gasteiger partial charge in [-0.1, -0.05) is 68.1 Å². The van der Waals surface area contributed by atoms with E-state index in [1.165, 1.54) is 17.3 Å². The van der Waals surface area contributed by atoms with Crippen molar-refractivity contribution in [3.8, 4) is 0 Å². The van der Waals surface area contributed by atoms with Gasteiger partial charge in [-0.25, -0.2) is 9.89 Å². The van der Waals surface area contributed by atoms with Gasteiger partial charge < -0.3 is 5.32 Å². The van der Waals surface area contributed by atoms with E-state index in [1.807, 2.05) is 54.6 Å². The normalized spacial score (nSPS) is 11.9. The van der Waals surface area contributed by atoms with Gasteiger partial charge in [0.25, 0.3) is 0 Å². The summed E-state index contributed by atoms with van der Waals surface area (Å²) in [7, 11) is 0. The van der Waals surface area contributed by atoms with Gasteiger partial charge in [-0.05, 0) is 42.0 Å². The monoisotopic (exact) mass is 410 g/mol. The molecule has 2 aromatic carbocycles. The third kappa shape index (κ3) is 5.84. The van der Waals surface area contributed by atoms with Crippen LogP contribution in [-0.4, -0.2) is 26.4 Å². The van der Waals surface area contributed by atoms with Crippen molar-refractivity contribution in [1.82, 2.24) is 14.8 Å². The Morgan fingerprint density at radius 1 is 1.17 bits per heavy atom. The third-order valence-corrected chi connectivity index (χ3v) is 5.87. The van der Waals surface area contributed by atoms with Crippen LogP contribution in [0.15, 0.2) is 64.5 Å². The second-order valence-electron chi connectivity index (χ2n) is 6.97. The Bertz CT molecular complexity index is 980. The Morgan fingerprint density at radius 2 is 1.90 bits per heavy atom. The molecule has 0 radical (unpaired) electrons. The summed E-state index contributed by atoms with van der Waals surface area (Å²) in [6.07, 6.45) is 1.81. The Morgan fingerprint density at radius 3 is 2.59 bits per heavy atom. The lowest BCUT2D eigenvalue weighted by molar-refractivity contribution is -0.113. The molecular formula is C22H26N4O2S. The first-order valence-corrected chi connectivity index (χ1v) is 10.8. The average molecular weight is 411 g/mol. The van der Waals surface area contributed by atoms with Gasteiger partial charge >= 0.3 is 5.69 Å². The Kier molecular flexibility index (Phi) is 7.30. The molecular weight excluding hydrogens is 384 g/mol. The van der Waals surface area contributed by atoms with Gasteiger partial charge in [0.05, 0.1) is 5.75 Å². The summed E-state index contributed by atoms with van der Waals surface area (Å²) in [5.41, 5.74) is 2.92. The van der Waals surface area contributed by atoms with Crippen molar-refractivity contribution >= 4 is 23.4 Å². The summed E-state index contributed by atoms with van der Waals surface area (Å²) in [6.45, 7) is 4.86. The van der Waals surface area contributed by atoms with E-state index in [1.54, 1.807) is 4.57 Å². The number of aryl methyl sites for hydroxylation is 1. The molecule has 0 aliphatic carbocycles. The van der Waals surface area contributed by atoms with Crippen LogP contribution in [0.1, 0.15) is 37.3 Å². The minimum Gasteiger partial charge on any atom is -0.325 e. The maximum absolute atomic E-state index is 12.3. The van der Waals surface area contributed by atoms with Gasteiger partial charge in [0.15, 0.2) is 5.16 Å². The van der Waals surface area contributed by atoms with Crippen molar-refractivity contribution in [2.75, 3.05) is 11.1 Å². The molecule has 7 heteroatoms. The Balaban J connectivity index is 1.54. The molecule has 0 saturated carbocycles. The van der Waals surface area contributed by atoms with Crippen molar-refractivity contribution in [2.45, 2.75) is 44.3 Å². The summed E-state index contributed by atoms with van der Waals surface area (Å²) >= 11 is 1.25. The van der Waals surface area contributed by atoms with Crippen LogP contribution in [0.2, 0.25) is 0 Å². The van der Waals surface area contributed by atoms with Crippen LogP contribution in [-0.2, 0) is 17.8 Å². The highest BCUT2D eigenvalue weighted by atomic mass is 32.2. The molecule has 0 unspecified atom stereocenters. The predicted molar refractivity (Wildman–Crippen MR) is 117 cm³/mol. The minimum atomic E-state index is -0.260. The van der Waals surface area contributed by atoms with Gasteiger partial charge in [-0.3, -0.25) is 9.36 Å². The molecule has 0 aliphatic heterocycles. The van der Waals surface area contributed by atoms with Gasteiger partial charge in [0.1, 0.15) is 0 Å². The summed E-state index contributed by atoms with van der Waals surface area (Å²) in [5.74, 6) is 0.557. The first kappa shape index (κ1) is 20.9. The Hall–Kier alpha value is -2.80. The van der Waals surface area contributed by atoms with Gasteiger partial charge in [-0.2, -0.15) is 0 Å². The predicted octanol–water partition coefficient (Wildman–Crippen LogP) is 4.06. The van der Waals surface area contributed by atoms with Crippen LogP contribution in [0.4, 0.5) is 5.69 Å². The smallest absolute Gasteiger partial charge is 0.325 e. The lowest BCUT2D eigenvalue weighted by atomic mass is 9.99. The second kappa shape index (κ2) is 10.1. The van der Waals surface area contributed by atoms with E-state index < -0.39 is 0 Å². The van der Waals surface area contributed by atoms with E-state index in [4.69, 9.17) is 0 Å². The number of nitrogens with one attached hydrogen (secondary N) is 2. The van der Waals surface area contributed by atoms with Gasteiger partial charge in [0, 0.05) is 12.2 Å². The number of benzene rings is 2. The van der Waals surface area contributed by atoms with E-state index in [0.29, 0.717) is 17.6 Å². The van der Waals surface area contributed by atoms with Crippen LogP contribution >= 0.6 is 11.8 Å². The number of carbonyl (C=O) groups is 1. The molecule has 152 valence electrons. The van der Waals surface area contributed by atoms with E-state index in [0.717, 1.165) is 24.1 Å². The molecule has 2 N–H and O–H groups in total. The number of thioether (sulfide) groups is 1. The number of carbonyl (C=O) groups excluding carboxylic acids is 1. The van der Waals surface area contributed by atoms with Gasteiger partial charge in [-0.15, -0.1) is 5.10 Å². The number of hydrogen-bond acceptors (Lipinski definition) is 4. The lowest BCUT2D eigenvalue weighted by Crippen LogP contribution is -2.20. The molecule has 0 saturated heterocycles. The van der Waals surface area contributed by atoms with Crippen LogP contribution < -0.4 is 11.0 Å². The van der Waals surface area contributed by atoms with Crippen LogP contribution in [0, 0.1) is 0 Å². The number of amides is 1. The molecule has 1 amide bonds. The maximum Gasteiger partial charge on any atom is 0.343 e. The topological polar surface area (TPSA) is 79.8 Å². The molecule has 1 heterocycles. The van der Waals surface area contributed by atoms with Crippen molar-refractivity contribution in [1.29, 1.82) is 0 Å². The first-order valence-electron chi connectivity index (χ1n) is 9.78. The summed E-state index contributed by atoms with van der Waals surface area (Å²) in [6, 6.07) is 17.9. The molecule has 0 fully saturated rings. The highest BCUT2D eigenvalue weighted by Gasteiger charge is 2.12. The molecule has 0 bridgehead atoms. The number of hydrogen-bond donors (Lipinski definition) is 2. The summed E-state index contributed by atoms with van der Waals surface area (Å²) < 4.78 is 1.58. The number of aromatic nitrogens is 3. The van der Waals surface area contributed by atoms with Crippen molar-refractivity contribution in [2.24, 2.45) is 0 Å². The van der Waals surface area contributed by atoms with E-state index in [-0.39, 0.29) is 17.3 Å². The van der Waals surface area contributed by atoms with Crippen LogP contribution in [0.25, 0.3) is 0 Å². The number of aromatic amines is 1. The van der Waals surface area contributed by atoms with Crippen LogP contribution in [0.5, 0.6) is 0 Å². The molecule has 1 atom stereocenters. The molecule has 3 aromatic rings. The molecule has 6 nitrogen and oxygen atoms in total. The van der Waals surface area contributed by atoms with Crippen LogP contribution in [0.3, 0.4) is 0 Å². The van der Waals surface area contributed by atoms with E-state index >= 15 is 0 Å². The quantitative estimate of drug-likeness (QED) is 0.522. The fourth-order valence-electron chi connectivity index (χ4n) is 2.95. The average Bonchev–Trinajstić information content (AvgIpc) is 3.11. The fraction of sp³-hybridized carbons (Fsp3) is 0.318. The van der Waals surface area contributed by atoms with Gasteiger partial charge in [0.2, 0.25) is 5.91 Å².